The Morgan fingerprint density at radius 1 is 1.09 bits per heavy atom. The molecule has 2 saturated heterocycles. The van der Waals surface area contributed by atoms with Gasteiger partial charge in [0.25, 0.3) is 11.8 Å². The molecule has 4 rings (SSSR count). The normalized spacial score (nSPS) is 17.2. The van der Waals surface area contributed by atoms with Crippen LogP contribution in [0.3, 0.4) is 0 Å². The van der Waals surface area contributed by atoms with Crippen LogP contribution < -0.4 is 10.2 Å². The maximum Gasteiger partial charge on any atom is 0.253 e. The van der Waals surface area contributed by atoms with Crippen molar-refractivity contribution in [1.82, 2.24) is 15.1 Å². The lowest BCUT2D eigenvalue weighted by Crippen LogP contribution is -2.57. The van der Waals surface area contributed by atoms with E-state index in [1.165, 1.54) is 0 Å². The smallest absolute Gasteiger partial charge is 0.253 e. The highest BCUT2D eigenvalue weighted by molar-refractivity contribution is 6.31. The van der Waals surface area contributed by atoms with Crippen LogP contribution in [-0.4, -0.2) is 79.6 Å². The number of para-hydroxylation sites is 1. The summed E-state index contributed by atoms with van der Waals surface area (Å²) in [5, 5.41) is 3.38. The molecule has 0 radical (unpaired) electrons. The lowest BCUT2D eigenvalue weighted by atomic mass is 9.85. The van der Waals surface area contributed by atoms with Crippen LogP contribution in [0.1, 0.15) is 29.6 Å². The number of nitrogens with zero attached hydrogens (tertiary/aromatic N) is 3. The third-order valence-electron chi connectivity index (χ3n) is 6.71. The molecule has 1 N–H and O–H groups in total. The van der Waals surface area contributed by atoms with E-state index >= 15 is 0 Å². The van der Waals surface area contributed by atoms with Gasteiger partial charge >= 0.3 is 0 Å². The van der Waals surface area contributed by atoms with Crippen molar-refractivity contribution in [2.75, 3.05) is 51.5 Å². The van der Waals surface area contributed by atoms with Crippen LogP contribution >= 0.6 is 11.6 Å². The minimum atomic E-state index is -0.789. The quantitative estimate of drug-likeness (QED) is 0.566. The van der Waals surface area contributed by atoms with E-state index in [4.69, 9.17) is 16.3 Å². The number of ether oxygens (including phenoxy) is 1. The average Bonchev–Trinajstić information content (AvgIpc) is 3.13. The minimum Gasteiger partial charge on any atom is -0.385 e. The number of piperidine rings is 1. The van der Waals surface area contributed by atoms with E-state index in [0.29, 0.717) is 62.8 Å². The van der Waals surface area contributed by atoms with E-state index in [1.807, 2.05) is 30.3 Å². The average molecular weight is 499 g/mol. The number of likely N-dealkylation sites (tertiary alicyclic amines) is 1. The van der Waals surface area contributed by atoms with Crippen LogP contribution in [0, 0.1) is 0 Å². The fraction of sp³-hybridized carbons (Fsp3) is 0.423. The summed E-state index contributed by atoms with van der Waals surface area (Å²) in [4.78, 5) is 44.8. The Hall–Kier alpha value is -3.10. The number of carbonyl (C=O) groups is 3. The number of hydrogen-bond donors (Lipinski definition) is 1. The molecule has 2 aromatic carbocycles. The van der Waals surface area contributed by atoms with E-state index < -0.39 is 5.54 Å². The Morgan fingerprint density at radius 2 is 1.83 bits per heavy atom. The number of anilines is 1. The highest BCUT2D eigenvalue weighted by atomic mass is 35.5. The number of methoxy groups -OCH3 is 1. The fourth-order valence-electron chi connectivity index (χ4n) is 4.88. The second kappa shape index (κ2) is 11.1. The number of halogens is 1. The first-order valence-corrected chi connectivity index (χ1v) is 12.2. The summed E-state index contributed by atoms with van der Waals surface area (Å²) in [6.07, 6.45) is 1.69. The molecule has 2 aromatic rings. The Kier molecular flexibility index (Phi) is 7.93. The number of carbonyl (C=O) groups excluding carboxylic acids is 3. The molecule has 0 unspecified atom stereocenters. The second-order valence-corrected chi connectivity index (χ2v) is 9.37. The number of hydrogen-bond acceptors (Lipinski definition) is 5. The molecule has 3 amide bonds. The first kappa shape index (κ1) is 25.0. The molecule has 9 heteroatoms. The van der Waals surface area contributed by atoms with Gasteiger partial charge in [-0.15, -0.1) is 0 Å². The molecule has 2 aliphatic heterocycles. The van der Waals surface area contributed by atoms with Crippen LogP contribution in [0.5, 0.6) is 0 Å². The highest BCUT2D eigenvalue weighted by Crippen LogP contribution is 2.39. The van der Waals surface area contributed by atoms with Crippen LogP contribution in [-0.2, 0) is 14.3 Å². The van der Waals surface area contributed by atoms with Gasteiger partial charge in [-0.05, 0) is 49.6 Å². The van der Waals surface area contributed by atoms with Gasteiger partial charge in [-0.3, -0.25) is 14.4 Å². The summed E-state index contributed by atoms with van der Waals surface area (Å²) in [5.41, 5.74) is 0.680. The highest BCUT2D eigenvalue weighted by Gasteiger charge is 2.54. The van der Waals surface area contributed by atoms with Gasteiger partial charge in [0.05, 0.1) is 6.67 Å². The van der Waals surface area contributed by atoms with Crippen LogP contribution in [0.2, 0.25) is 5.02 Å². The first-order chi connectivity index (χ1) is 16.9. The molecular formula is C26H31ClN4O4. The first-order valence-electron chi connectivity index (χ1n) is 11.9. The topological polar surface area (TPSA) is 82.2 Å². The lowest BCUT2D eigenvalue weighted by molar-refractivity contribution is -0.137. The Balaban J connectivity index is 1.49. The molecule has 35 heavy (non-hydrogen) atoms. The Labute approximate surface area is 210 Å². The van der Waals surface area contributed by atoms with Crippen LogP contribution in [0.4, 0.5) is 5.69 Å². The zero-order valence-corrected chi connectivity index (χ0v) is 20.7. The van der Waals surface area contributed by atoms with Gasteiger partial charge in [-0.1, -0.05) is 35.9 Å². The van der Waals surface area contributed by atoms with Crippen molar-refractivity contribution in [2.45, 2.75) is 24.8 Å². The summed E-state index contributed by atoms with van der Waals surface area (Å²) < 4.78 is 5.01. The largest absolute Gasteiger partial charge is 0.385 e. The molecule has 0 aromatic heterocycles. The number of benzene rings is 2. The Morgan fingerprint density at radius 3 is 2.51 bits per heavy atom. The van der Waals surface area contributed by atoms with Crippen molar-refractivity contribution in [3.8, 4) is 0 Å². The molecular weight excluding hydrogens is 468 g/mol. The zero-order chi connectivity index (χ0) is 24.8. The van der Waals surface area contributed by atoms with Crippen LogP contribution in [0.15, 0.2) is 54.6 Å². The van der Waals surface area contributed by atoms with Crippen molar-refractivity contribution in [3.63, 3.8) is 0 Å². The van der Waals surface area contributed by atoms with Gasteiger partial charge < -0.3 is 24.8 Å². The summed E-state index contributed by atoms with van der Waals surface area (Å²) in [7, 11) is 1.62. The van der Waals surface area contributed by atoms with E-state index in [2.05, 4.69) is 10.2 Å². The van der Waals surface area contributed by atoms with Gasteiger partial charge in [0.1, 0.15) is 12.1 Å². The second-order valence-electron chi connectivity index (χ2n) is 8.94. The third-order valence-corrected chi connectivity index (χ3v) is 6.95. The summed E-state index contributed by atoms with van der Waals surface area (Å²) >= 11 is 6.07. The number of amides is 3. The molecule has 2 heterocycles. The maximum atomic E-state index is 13.7. The van der Waals surface area contributed by atoms with Crippen molar-refractivity contribution in [1.29, 1.82) is 0 Å². The third kappa shape index (κ3) is 5.44. The van der Waals surface area contributed by atoms with Crippen molar-refractivity contribution >= 4 is 35.0 Å². The molecule has 2 aliphatic rings. The molecule has 2 fully saturated rings. The standard InChI is InChI=1S/C26H31ClN4O4/c1-35-16-6-13-28-23(32)18-30-19-31(22-9-3-2-4-10-22)26(25(30)34)11-14-29(15-12-26)24(33)20-7-5-8-21(27)17-20/h2-5,7-10,17H,6,11-16,18-19H2,1H3,(H,28,32). The monoisotopic (exact) mass is 498 g/mol. The summed E-state index contributed by atoms with van der Waals surface area (Å²) in [5.74, 6) is -0.345. The predicted octanol–water partition coefficient (Wildman–Crippen LogP) is 2.77. The maximum absolute atomic E-state index is 13.7. The molecule has 8 nitrogen and oxygen atoms in total. The van der Waals surface area contributed by atoms with Crippen molar-refractivity contribution in [2.24, 2.45) is 0 Å². The molecule has 0 atom stereocenters. The van der Waals surface area contributed by atoms with Gasteiger partial charge in [0.2, 0.25) is 5.91 Å². The molecule has 1 spiro atoms. The van der Waals surface area contributed by atoms with E-state index in [9.17, 15) is 14.4 Å². The fourth-order valence-corrected chi connectivity index (χ4v) is 5.07. The van der Waals surface area contributed by atoms with Crippen LogP contribution in [0.25, 0.3) is 0 Å². The lowest BCUT2D eigenvalue weighted by Gasteiger charge is -2.43. The number of nitrogens with one attached hydrogen (secondary N) is 1. The van der Waals surface area contributed by atoms with Crippen molar-refractivity contribution in [3.05, 3.63) is 65.2 Å². The molecule has 186 valence electrons. The van der Waals surface area contributed by atoms with Gasteiger partial charge in [0.15, 0.2) is 0 Å². The minimum absolute atomic E-state index is 0.00204. The van der Waals surface area contributed by atoms with E-state index in [0.717, 1.165) is 5.69 Å². The number of rotatable bonds is 8. The summed E-state index contributed by atoms with van der Waals surface area (Å²) in [6.45, 7) is 2.29. The molecule has 0 aliphatic carbocycles. The Bertz CT molecular complexity index is 1060. The van der Waals surface area contributed by atoms with Gasteiger partial charge in [-0.2, -0.15) is 0 Å². The van der Waals surface area contributed by atoms with E-state index in [1.54, 1.807) is 41.2 Å². The zero-order valence-electron chi connectivity index (χ0n) is 19.9. The van der Waals surface area contributed by atoms with E-state index in [-0.39, 0.29) is 24.3 Å². The predicted molar refractivity (Wildman–Crippen MR) is 134 cm³/mol. The molecule has 0 bridgehead atoms. The molecule has 0 saturated carbocycles. The van der Waals surface area contributed by atoms with Gasteiger partial charge in [0, 0.05) is 49.6 Å². The SMILES string of the molecule is COCCCNC(=O)CN1CN(c2ccccc2)C2(CCN(C(=O)c3cccc(Cl)c3)CC2)C1=O. The summed E-state index contributed by atoms with van der Waals surface area (Å²) in [6, 6.07) is 16.7. The van der Waals surface area contributed by atoms with Crippen molar-refractivity contribution < 1.29 is 19.1 Å². The van der Waals surface area contributed by atoms with Gasteiger partial charge in [-0.25, -0.2) is 0 Å².